The van der Waals surface area contributed by atoms with Crippen molar-refractivity contribution in [1.82, 2.24) is 0 Å². The molecule has 1 aromatic carbocycles. The van der Waals surface area contributed by atoms with Gasteiger partial charge < -0.3 is 4.74 Å². The summed E-state index contributed by atoms with van der Waals surface area (Å²) in [7, 11) is 0. The molecule has 1 aliphatic heterocycles. The van der Waals surface area contributed by atoms with Gasteiger partial charge >= 0.3 is 0 Å². The molecule has 3 unspecified atom stereocenters. The summed E-state index contributed by atoms with van der Waals surface area (Å²) in [4.78, 5) is 0. The van der Waals surface area contributed by atoms with Crippen molar-refractivity contribution in [2.75, 3.05) is 0 Å². The Labute approximate surface area is 97.8 Å². The molecule has 2 aliphatic rings. The molecule has 1 fully saturated rings. The van der Waals surface area contributed by atoms with E-state index < -0.39 is 0 Å². The van der Waals surface area contributed by atoms with Gasteiger partial charge in [-0.15, -0.1) is 0 Å². The Balaban J connectivity index is 1.96. The molecule has 0 bridgehead atoms. The largest absolute Gasteiger partial charge is 0.373 e. The molecular weight excluding hydrogens is 196 g/mol. The molecule has 1 aliphatic carbocycles. The molecule has 3 atom stereocenters. The monoisotopic (exact) mass is 216 g/mol. The quantitative estimate of drug-likeness (QED) is 0.639. The maximum Gasteiger partial charge on any atom is 0.0723 e. The van der Waals surface area contributed by atoms with Crippen LogP contribution >= 0.6 is 0 Å². The van der Waals surface area contributed by atoms with Gasteiger partial charge in [-0.25, -0.2) is 0 Å². The molecule has 86 valence electrons. The van der Waals surface area contributed by atoms with E-state index >= 15 is 0 Å². The molecule has 0 aromatic heterocycles. The Morgan fingerprint density at radius 2 is 1.94 bits per heavy atom. The number of rotatable bonds is 0. The molecule has 1 nitrogen and oxygen atoms in total. The van der Waals surface area contributed by atoms with Crippen molar-refractivity contribution >= 4 is 0 Å². The van der Waals surface area contributed by atoms with Crippen LogP contribution in [0.5, 0.6) is 0 Å². The highest BCUT2D eigenvalue weighted by Crippen LogP contribution is 2.41. The third-order valence-corrected chi connectivity index (χ3v) is 4.39. The summed E-state index contributed by atoms with van der Waals surface area (Å²) in [5.74, 6) is 1.42. The predicted octanol–water partition coefficient (Wildman–Crippen LogP) is 3.88. The molecule has 0 radical (unpaired) electrons. The van der Waals surface area contributed by atoms with Gasteiger partial charge in [0.1, 0.15) is 0 Å². The smallest absolute Gasteiger partial charge is 0.0723 e. The summed E-state index contributed by atoms with van der Waals surface area (Å²) in [5, 5.41) is 0. The standard InChI is InChI=1S/C15H20O/c1-11-13-7-3-2-6-12(13)10-16-15-9-5-4-8-14(11)15/h2-3,6-7,11,14-15H,4-5,8-10H2,1H3. The van der Waals surface area contributed by atoms with Crippen molar-refractivity contribution in [2.45, 2.75) is 51.2 Å². The van der Waals surface area contributed by atoms with Gasteiger partial charge in [-0.2, -0.15) is 0 Å². The number of hydrogen-bond acceptors (Lipinski definition) is 1. The van der Waals surface area contributed by atoms with Gasteiger partial charge in [0.05, 0.1) is 12.7 Å². The van der Waals surface area contributed by atoms with Gasteiger partial charge in [-0.3, -0.25) is 0 Å². The highest BCUT2D eigenvalue weighted by molar-refractivity contribution is 5.31. The minimum absolute atomic E-state index is 0.510. The van der Waals surface area contributed by atoms with Crippen molar-refractivity contribution in [3.05, 3.63) is 35.4 Å². The Hall–Kier alpha value is -0.820. The number of ether oxygens (including phenoxy) is 1. The fraction of sp³-hybridized carbons (Fsp3) is 0.600. The SMILES string of the molecule is CC1c2ccccc2COC2CCCCC21. The van der Waals surface area contributed by atoms with E-state index in [0.717, 1.165) is 12.5 Å². The summed E-state index contributed by atoms with van der Waals surface area (Å²) < 4.78 is 6.10. The van der Waals surface area contributed by atoms with Gasteiger partial charge in [0.25, 0.3) is 0 Å². The van der Waals surface area contributed by atoms with E-state index in [1.165, 1.54) is 36.8 Å². The van der Waals surface area contributed by atoms with Crippen molar-refractivity contribution in [3.63, 3.8) is 0 Å². The van der Waals surface area contributed by atoms with Crippen molar-refractivity contribution in [1.29, 1.82) is 0 Å². The lowest BCUT2D eigenvalue weighted by atomic mass is 9.76. The van der Waals surface area contributed by atoms with Crippen molar-refractivity contribution in [3.8, 4) is 0 Å². The highest BCUT2D eigenvalue weighted by Gasteiger charge is 2.34. The van der Waals surface area contributed by atoms with Crippen LogP contribution in [0.15, 0.2) is 24.3 Å². The Morgan fingerprint density at radius 3 is 2.88 bits per heavy atom. The van der Waals surface area contributed by atoms with Crippen LogP contribution in [0.3, 0.4) is 0 Å². The molecule has 0 spiro atoms. The van der Waals surface area contributed by atoms with Crippen LogP contribution in [0.25, 0.3) is 0 Å². The molecule has 1 heterocycles. The maximum atomic E-state index is 6.10. The molecule has 0 amide bonds. The lowest BCUT2D eigenvalue weighted by molar-refractivity contribution is -0.0202. The first kappa shape index (κ1) is 10.3. The van der Waals surface area contributed by atoms with E-state index in [1.54, 1.807) is 0 Å². The molecular formula is C15H20O. The zero-order chi connectivity index (χ0) is 11.0. The summed E-state index contributed by atoms with van der Waals surface area (Å²) in [6, 6.07) is 8.81. The van der Waals surface area contributed by atoms with E-state index in [4.69, 9.17) is 4.74 Å². The highest BCUT2D eigenvalue weighted by atomic mass is 16.5. The Morgan fingerprint density at radius 1 is 1.12 bits per heavy atom. The van der Waals surface area contributed by atoms with Gasteiger partial charge in [0.15, 0.2) is 0 Å². The molecule has 1 aromatic rings. The van der Waals surface area contributed by atoms with Gasteiger partial charge in [-0.1, -0.05) is 44.0 Å². The summed E-state index contributed by atoms with van der Waals surface area (Å²) >= 11 is 0. The van der Waals surface area contributed by atoms with E-state index in [-0.39, 0.29) is 0 Å². The first-order valence-corrected chi connectivity index (χ1v) is 6.55. The number of fused-ring (bicyclic) bond motifs is 2. The summed E-state index contributed by atoms with van der Waals surface area (Å²) in [6.45, 7) is 3.21. The third kappa shape index (κ3) is 1.67. The second-order valence-electron chi connectivity index (χ2n) is 5.29. The average Bonchev–Trinajstić information content (AvgIpc) is 2.49. The zero-order valence-corrected chi connectivity index (χ0v) is 9.99. The maximum absolute atomic E-state index is 6.10. The first-order chi connectivity index (χ1) is 7.86. The van der Waals surface area contributed by atoms with Gasteiger partial charge in [0, 0.05) is 0 Å². The minimum atomic E-state index is 0.510. The van der Waals surface area contributed by atoms with Crippen LogP contribution in [-0.4, -0.2) is 6.10 Å². The van der Waals surface area contributed by atoms with Gasteiger partial charge in [0.2, 0.25) is 0 Å². The minimum Gasteiger partial charge on any atom is -0.373 e. The van der Waals surface area contributed by atoms with E-state index in [0.29, 0.717) is 12.0 Å². The Bertz CT molecular complexity index is 371. The molecule has 1 heteroatoms. The third-order valence-electron chi connectivity index (χ3n) is 4.39. The molecule has 1 saturated carbocycles. The van der Waals surface area contributed by atoms with Crippen LogP contribution in [0.1, 0.15) is 49.7 Å². The zero-order valence-electron chi connectivity index (χ0n) is 9.99. The molecule has 3 rings (SSSR count). The van der Waals surface area contributed by atoms with Crippen LogP contribution in [0.2, 0.25) is 0 Å². The second-order valence-corrected chi connectivity index (χ2v) is 5.29. The fourth-order valence-corrected chi connectivity index (χ4v) is 3.44. The topological polar surface area (TPSA) is 9.23 Å². The lowest BCUT2D eigenvalue weighted by Crippen LogP contribution is -2.29. The normalized spacial score (nSPS) is 33.7. The molecule has 0 N–H and O–H groups in total. The van der Waals surface area contributed by atoms with Crippen LogP contribution in [0.4, 0.5) is 0 Å². The van der Waals surface area contributed by atoms with Crippen molar-refractivity contribution < 1.29 is 4.74 Å². The second kappa shape index (κ2) is 4.21. The molecule has 16 heavy (non-hydrogen) atoms. The Kier molecular flexibility index (Phi) is 2.72. The van der Waals surface area contributed by atoms with E-state index in [9.17, 15) is 0 Å². The van der Waals surface area contributed by atoms with Gasteiger partial charge in [-0.05, 0) is 35.8 Å². The summed E-state index contributed by atoms with van der Waals surface area (Å²) in [5.41, 5.74) is 2.93. The number of benzene rings is 1. The number of hydrogen-bond donors (Lipinski definition) is 0. The van der Waals surface area contributed by atoms with Crippen LogP contribution in [-0.2, 0) is 11.3 Å². The van der Waals surface area contributed by atoms with Crippen LogP contribution < -0.4 is 0 Å². The van der Waals surface area contributed by atoms with E-state index in [2.05, 4.69) is 31.2 Å². The average molecular weight is 216 g/mol. The summed E-state index contributed by atoms with van der Waals surface area (Å²) in [6.07, 6.45) is 5.86. The lowest BCUT2D eigenvalue weighted by Gasteiger charge is -2.33. The fourth-order valence-electron chi connectivity index (χ4n) is 3.44. The van der Waals surface area contributed by atoms with Crippen LogP contribution in [0, 0.1) is 5.92 Å². The van der Waals surface area contributed by atoms with E-state index in [1.807, 2.05) is 0 Å². The predicted molar refractivity (Wildman–Crippen MR) is 65.4 cm³/mol. The van der Waals surface area contributed by atoms with Crippen molar-refractivity contribution in [2.24, 2.45) is 5.92 Å². The molecule has 0 saturated heterocycles. The first-order valence-electron chi connectivity index (χ1n) is 6.55.